The van der Waals surface area contributed by atoms with Crippen LogP contribution in [0.5, 0.6) is 0 Å². The number of Topliss-reactive ketones (excluding diaryl/α,β-unsaturated/α-hetero) is 1. The van der Waals surface area contributed by atoms with Crippen molar-refractivity contribution in [3.05, 3.63) is 29.3 Å². The Balaban J connectivity index is 1.75. The van der Waals surface area contributed by atoms with Gasteiger partial charge in [-0.1, -0.05) is 6.42 Å². The highest BCUT2D eigenvalue weighted by Crippen LogP contribution is 2.27. The number of benzene rings is 1. The maximum absolute atomic E-state index is 12.7. The lowest BCUT2D eigenvalue weighted by Crippen LogP contribution is -2.42. The third-order valence-corrected chi connectivity index (χ3v) is 4.64. The molecule has 1 N–H and O–H groups in total. The molecule has 3 nitrogen and oxygen atoms in total. The van der Waals surface area contributed by atoms with Crippen LogP contribution in [0.4, 0.5) is 5.69 Å². The summed E-state index contributed by atoms with van der Waals surface area (Å²) in [6.45, 7) is 6.37. The minimum absolute atomic E-state index is 0.0140. The summed E-state index contributed by atoms with van der Waals surface area (Å²) < 4.78 is 0. The second-order valence-corrected chi connectivity index (χ2v) is 6.26. The molecule has 108 valence electrons. The van der Waals surface area contributed by atoms with E-state index in [9.17, 15) is 4.79 Å². The van der Waals surface area contributed by atoms with E-state index in [0.29, 0.717) is 6.04 Å². The van der Waals surface area contributed by atoms with Gasteiger partial charge in [0.05, 0.1) is 6.04 Å². The number of likely N-dealkylation sites (tertiary alicyclic amines) is 1. The first-order valence-corrected chi connectivity index (χ1v) is 7.83. The van der Waals surface area contributed by atoms with E-state index in [1.807, 2.05) is 6.07 Å². The van der Waals surface area contributed by atoms with Crippen molar-refractivity contribution in [2.45, 2.75) is 51.6 Å². The maximum atomic E-state index is 12.7. The molecular formula is C17H24N2O. The molecule has 2 atom stereocenters. The van der Waals surface area contributed by atoms with Gasteiger partial charge < -0.3 is 5.32 Å². The molecule has 3 rings (SSSR count). The summed E-state index contributed by atoms with van der Waals surface area (Å²) in [5.41, 5.74) is 3.35. The molecule has 1 aromatic carbocycles. The Kier molecular flexibility index (Phi) is 3.79. The number of fused-ring (bicyclic) bond motifs is 1. The monoisotopic (exact) mass is 272 g/mol. The maximum Gasteiger partial charge on any atom is 0.179 e. The summed E-state index contributed by atoms with van der Waals surface area (Å²) in [5, 5.41) is 3.43. The van der Waals surface area contributed by atoms with Crippen LogP contribution in [0, 0.1) is 0 Å². The molecule has 2 heterocycles. The minimum Gasteiger partial charge on any atom is -0.382 e. The van der Waals surface area contributed by atoms with Crippen molar-refractivity contribution in [2.24, 2.45) is 0 Å². The smallest absolute Gasteiger partial charge is 0.179 e. The Morgan fingerprint density at radius 2 is 2.05 bits per heavy atom. The Bertz CT molecular complexity index is 506. The zero-order chi connectivity index (χ0) is 14.1. The number of piperidine rings is 1. The van der Waals surface area contributed by atoms with Gasteiger partial charge in [-0.25, -0.2) is 0 Å². The van der Waals surface area contributed by atoms with Crippen molar-refractivity contribution in [1.29, 1.82) is 0 Å². The number of ketones is 1. The number of nitrogens with one attached hydrogen (secondary N) is 1. The molecule has 0 bridgehead atoms. The molecule has 0 amide bonds. The fraction of sp³-hybridized carbons (Fsp3) is 0.588. The zero-order valence-corrected chi connectivity index (χ0v) is 12.5. The molecule has 0 saturated carbocycles. The van der Waals surface area contributed by atoms with Crippen molar-refractivity contribution in [3.63, 3.8) is 0 Å². The van der Waals surface area contributed by atoms with Crippen LogP contribution in [0.15, 0.2) is 18.2 Å². The van der Waals surface area contributed by atoms with Gasteiger partial charge in [0.2, 0.25) is 0 Å². The molecule has 0 spiro atoms. The quantitative estimate of drug-likeness (QED) is 0.858. The van der Waals surface area contributed by atoms with Gasteiger partial charge >= 0.3 is 0 Å². The lowest BCUT2D eigenvalue weighted by Gasteiger charge is -2.31. The zero-order valence-electron chi connectivity index (χ0n) is 12.5. The molecule has 3 heteroatoms. The van der Waals surface area contributed by atoms with Crippen molar-refractivity contribution in [2.75, 3.05) is 18.4 Å². The number of hydrogen-bond donors (Lipinski definition) is 1. The first-order valence-electron chi connectivity index (χ1n) is 7.83. The molecule has 0 aliphatic carbocycles. The third kappa shape index (κ3) is 2.59. The fourth-order valence-electron chi connectivity index (χ4n) is 3.42. The lowest BCUT2D eigenvalue weighted by molar-refractivity contribution is 0.0809. The molecule has 2 unspecified atom stereocenters. The highest BCUT2D eigenvalue weighted by atomic mass is 16.1. The topological polar surface area (TPSA) is 32.3 Å². The number of rotatable bonds is 3. The molecular weight excluding hydrogens is 248 g/mol. The van der Waals surface area contributed by atoms with Gasteiger partial charge in [-0.2, -0.15) is 0 Å². The van der Waals surface area contributed by atoms with Crippen LogP contribution in [0.2, 0.25) is 0 Å². The Hall–Kier alpha value is -1.35. The van der Waals surface area contributed by atoms with Crippen LogP contribution in [0.1, 0.15) is 49.0 Å². The number of anilines is 1. The molecule has 20 heavy (non-hydrogen) atoms. The molecule has 1 fully saturated rings. The van der Waals surface area contributed by atoms with E-state index < -0.39 is 0 Å². The summed E-state index contributed by atoms with van der Waals surface area (Å²) in [6, 6.07) is 6.63. The summed E-state index contributed by atoms with van der Waals surface area (Å²) in [7, 11) is 0. The van der Waals surface area contributed by atoms with Gasteiger partial charge in [-0.3, -0.25) is 9.69 Å². The summed E-state index contributed by atoms with van der Waals surface area (Å²) in [6.07, 6.45) is 4.78. The number of carbonyl (C=O) groups excluding carboxylic acids is 1. The van der Waals surface area contributed by atoms with Gasteiger partial charge in [-0.05, 0) is 70.0 Å². The van der Waals surface area contributed by atoms with Crippen LogP contribution in [0.25, 0.3) is 0 Å². The highest BCUT2D eigenvalue weighted by molar-refractivity contribution is 6.00. The average molecular weight is 272 g/mol. The number of nitrogens with zero attached hydrogens (tertiary/aromatic N) is 1. The molecule has 2 aliphatic rings. The van der Waals surface area contributed by atoms with E-state index >= 15 is 0 Å². The largest absolute Gasteiger partial charge is 0.382 e. The molecule has 0 aromatic heterocycles. The number of hydrogen-bond acceptors (Lipinski definition) is 3. The van der Waals surface area contributed by atoms with Gasteiger partial charge in [-0.15, -0.1) is 0 Å². The third-order valence-electron chi connectivity index (χ3n) is 4.64. The van der Waals surface area contributed by atoms with Crippen molar-refractivity contribution in [3.8, 4) is 0 Å². The standard InChI is InChI=1S/C17H24N2O/c1-12-10-15-11-14(6-7-16(15)18-12)17(20)13(2)19-8-4-3-5-9-19/h6-7,11-13,18H,3-5,8-10H2,1-2H3. The average Bonchev–Trinajstić information content (AvgIpc) is 2.85. The molecule has 0 radical (unpaired) electrons. The van der Waals surface area contributed by atoms with Gasteiger partial charge in [0, 0.05) is 17.3 Å². The van der Waals surface area contributed by atoms with Crippen LogP contribution in [-0.2, 0) is 6.42 Å². The summed E-state index contributed by atoms with van der Waals surface area (Å²) >= 11 is 0. The predicted octanol–water partition coefficient (Wildman–Crippen LogP) is 3.10. The van der Waals surface area contributed by atoms with Crippen LogP contribution in [0.3, 0.4) is 0 Å². The first kappa shape index (κ1) is 13.6. The SMILES string of the molecule is CC1Cc2cc(C(=O)C(C)N3CCCCC3)ccc2N1. The van der Waals surface area contributed by atoms with Crippen molar-refractivity contribution in [1.82, 2.24) is 4.90 Å². The van der Waals surface area contributed by atoms with E-state index in [4.69, 9.17) is 0 Å². The van der Waals surface area contributed by atoms with Crippen LogP contribution >= 0.6 is 0 Å². The second kappa shape index (κ2) is 5.57. The summed E-state index contributed by atoms with van der Waals surface area (Å²) in [5.74, 6) is 0.272. The van der Waals surface area contributed by atoms with E-state index in [1.54, 1.807) is 0 Å². The first-order chi connectivity index (χ1) is 9.65. The summed E-state index contributed by atoms with van der Waals surface area (Å²) in [4.78, 5) is 15.0. The van der Waals surface area contributed by atoms with E-state index in [0.717, 1.165) is 25.1 Å². The van der Waals surface area contributed by atoms with Gasteiger partial charge in [0.25, 0.3) is 0 Å². The second-order valence-electron chi connectivity index (χ2n) is 6.26. The van der Waals surface area contributed by atoms with Crippen LogP contribution in [-0.4, -0.2) is 35.9 Å². The van der Waals surface area contributed by atoms with E-state index in [-0.39, 0.29) is 11.8 Å². The molecule has 1 aromatic rings. The molecule has 1 saturated heterocycles. The van der Waals surface area contributed by atoms with Crippen LogP contribution < -0.4 is 5.32 Å². The van der Waals surface area contributed by atoms with E-state index in [2.05, 4.69) is 36.2 Å². The van der Waals surface area contributed by atoms with E-state index in [1.165, 1.54) is 30.5 Å². The minimum atomic E-state index is 0.0140. The van der Waals surface area contributed by atoms with Crippen molar-refractivity contribution >= 4 is 11.5 Å². The van der Waals surface area contributed by atoms with Gasteiger partial charge in [0.15, 0.2) is 5.78 Å². The highest BCUT2D eigenvalue weighted by Gasteiger charge is 2.25. The molecule has 2 aliphatic heterocycles. The Labute approximate surface area is 121 Å². The fourth-order valence-corrected chi connectivity index (χ4v) is 3.42. The Morgan fingerprint density at radius 1 is 1.30 bits per heavy atom. The lowest BCUT2D eigenvalue weighted by atomic mass is 9.98. The Morgan fingerprint density at radius 3 is 2.80 bits per heavy atom. The van der Waals surface area contributed by atoms with Gasteiger partial charge in [0.1, 0.15) is 0 Å². The normalized spacial score (nSPS) is 24.0. The number of carbonyl (C=O) groups is 1. The van der Waals surface area contributed by atoms with Crippen molar-refractivity contribution < 1.29 is 4.79 Å². The predicted molar refractivity (Wildman–Crippen MR) is 82.4 cm³/mol.